The maximum absolute atomic E-state index is 12.5. The van der Waals surface area contributed by atoms with Gasteiger partial charge >= 0.3 is 6.18 Å². The summed E-state index contributed by atoms with van der Waals surface area (Å²) in [4.78, 5) is 6.54. The van der Waals surface area contributed by atoms with Gasteiger partial charge in [-0.3, -0.25) is 0 Å². The van der Waals surface area contributed by atoms with Gasteiger partial charge in [-0.1, -0.05) is 0 Å². The van der Waals surface area contributed by atoms with Crippen LogP contribution in [-0.4, -0.2) is 36.4 Å². The molecule has 1 rings (SSSR count). The van der Waals surface area contributed by atoms with Crippen LogP contribution in [0.3, 0.4) is 0 Å². The molecular formula is C9H11F3N2O3S. The van der Waals surface area contributed by atoms with Gasteiger partial charge in [-0.25, -0.2) is 18.4 Å². The van der Waals surface area contributed by atoms with E-state index in [4.69, 9.17) is 5.11 Å². The van der Waals surface area contributed by atoms with Crippen molar-refractivity contribution in [1.82, 2.24) is 9.97 Å². The first-order chi connectivity index (χ1) is 8.14. The molecule has 5 nitrogen and oxygen atoms in total. The van der Waals surface area contributed by atoms with Crippen molar-refractivity contribution in [3.8, 4) is 0 Å². The summed E-state index contributed by atoms with van der Waals surface area (Å²) < 4.78 is 60.0. The second-order valence-electron chi connectivity index (χ2n) is 3.62. The maximum Gasteiger partial charge on any atom is 0.433 e. The molecule has 0 saturated carbocycles. The molecule has 0 amide bonds. The molecule has 0 unspecified atom stereocenters. The van der Waals surface area contributed by atoms with Crippen LogP contribution in [0.2, 0.25) is 0 Å². The number of hydrogen-bond acceptors (Lipinski definition) is 5. The largest absolute Gasteiger partial charge is 0.433 e. The van der Waals surface area contributed by atoms with Crippen molar-refractivity contribution in [1.29, 1.82) is 0 Å². The summed E-state index contributed by atoms with van der Waals surface area (Å²) in [5, 5.41) is 7.75. The third-order valence-electron chi connectivity index (χ3n) is 1.97. The zero-order valence-electron chi connectivity index (χ0n) is 9.40. The van der Waals surface area contributed by atoms with E-state index in [-0.39, 0.29) is 25.1 Å². The van der Waals surface area contributed by atoms with E-state index in [9.17, 15) is 21.6 Å². The average molecular weight is 284 g/mol. The zero-order valence-corrected chi connectivity index (χ0v) is 10.2. The Morgan fingerprint density at radius 3 is 2.39 bits per heavy atom. The number of rotatable bonds is 4. The predicted octanol–water partition coefficient (Wildman–Crippen LogP) is 0.824. The minimum atomic E-state index is -4.74. The quantitative estimate of drug-likeness (QED) is 0.828. The van der Waals surface area contributed by atoms with Crippen LogP contribution in [0, 0.1) is 0 Å². The number of aryl methyl sites for hydroxylation is 1. The Labute approximate surface area is 102 Å². The number of aromatic nitrogens is 2. The highest BCUT2D eigenvalue weighted by Gasteiger charge is 2.34. The lowest BCUT2D eigenvalue weighted by Gasteiger charge is -2.09. The van der Waals surface area contributed by atoms with Crippen LogP contribution in [0.15, 0.2) is 11.2 Å². The molecule has 1 heterocycles. The molecule has 18 heavy (non-hydrogen) atoms. The Morgan fingerprint density at radius 1 is 1.33 bits per heavy atom. The maximum atomic E-state index is 12.5. The fourth-order valence-electron chi connectivity index (χ4n) is 1.17. The van der Waals surface area contributed by atoms with Gasteiger partial charge in [0, 0.05) is 18.6 Å². The predicted molar refractivity (Wildman–Crippen MR) is 55.6 cm³/mol. The second-order valence-corrected chi connectivity index (χ2v) is 5.53. The van der Waals surface area contributed by atoms with E-state index in [0.29, 0.717) is 6.07 Å². The topological polar surface area (TPSA) is 80.2 Å². The van der Waals surface area contributed by atoms with Gasteiger partial charge < -0.3 is 5.11 Å². The minimum absolute atomic E-state index is 0.0462. The molecule has 0 aliphatic rings. The monoisotopic (exact) mass is 284 g/mol. The van der Waals surface area contributed by atoms with Crippen LogP contribution in [0.4, 0.5) is 13.2 Å². The van der Waals surface area contributed by atoms with Crippen LogP contribution in [0.25, 0.3) is 0 Å². The molecule has 0 aliphatic heterocycles. The molecule has 0 radical (unpaired) electrons. The summed E-state index contributed by atoms with van der Waals surface area (Å²) >= 11 is 0. The van der Waals surface area contributed by atoms with Gasteiger partial charge in [0.05, 0.1) is 0 Å². The van der Waals surface area contributed by atoms with Gasteiger partial charge in [0.15, 0.2) is 0 Å². The number of sulfone groups is 1. The van der Waals surface area contributed by atoms with Crippen molar-refractivity contribution in [2.24, 2.45) is 0 Å². The lowest BCUT2D eigenvalue weighted by atomic mass is 10.2. The number of alkyl halides is 3. The van der Waals surface area contributed by atoms with E-state index in [2.05, 4.69) is 9.97 Å². The minimum Gasteiger partial charge on any atom is -0.396 e. The number of aliphatic hydroxyl groups is 1. The van der Waals surface area contributed by atoms with Crippen molar-refractivity contribution in [3.63, 3.8) is 0 Å². The van der Waals surface area contributed by atoms with E-state index in [1.54, 1.807) is 0 Å². The molecule has 1 aromatic heterocycles. The standard InChI is InChI=1S/C9H11F3N2O3S/c1-18(16,17)8-13-6(3-2-4-15)5-7(14-8)9(10,11)12/h5,15H,2-4H2,1H3. The van der Waals surface area contributed by atoms with Crippen LogP contribution < -0.4 is 0 Å². The van der Waals surface area contributed by atoms with Crippen LogP contribution in [0.1, 0.15) is 17.8 Å². The first kappa shape index (κ1) is 14.8. The van der Waals surface area contributed by atoms with Crippen LogP contribution in [-0.2, 0) is 22.4 Å². The summed E-state index contributed by atoms with van der Waals surface area (Å²) in [6.07, 6.45) is -3.77. The number of nitrogens with zero attached hydrogens (tertiary/aromatic N) is 2. The highest BCUT2D eigenvalue weighted by molar-refractivity contribution is 7.90. The highest BCUT2D eigenvalue weighted by Crippen LogP contribution is 2.28. The molecule has 0 atom stereocenters. The Kier molecular flexibility index (Phi) is 4.28. The van der Waals surface area contributed by atoms with Crippen molar-refractivity contribution in [2.75, 3.05) is 12.9 Å². The lowest BCUT2D eigenvalue weighted by Crippen LogP contribution is -2.15. The van der Waals surface area contributed by atoms with E-state index in [1.807, 2.05) is 0 Å². The molecule has 0 spiro atoms. The summed E-state index contributed by atoms with van der Waals surface area (Å²) in [5.41, 5.74) is -1.36. The normalized spacial score (nSPS) is 12.7. The van der Waals surface area contributed by atoms with Crippen molar-refractivity contribution in [3.05, 3.63) is 17.5 Å². The van der Waals surface area contributed by atoms with Gasteiger partial charge in [0.25, 0.3) is 0 Å². The van der Waals surface area contributed by atoms with E-state index >= 15 is 0 Å². The average Bonchev–Trinajstić information content (AvgIpc) is 2.23. The third-order valence-corrected chi connectivity index (χ3v) is 2.82. The van der Waals surface area contributed by atoms with Crippen LogP contribution in [0.5, 0.6) is 0 Å². The molecule has 102 valence electrons. The van der Waals surface area contributed by atoms with Gasteiger partial charge in [-0.2, -0.15) is 13.2 Å². The molecule has 0 aromatic carbocycles. The molecule has 0 saturated heterocycles. The van der Waals surface area contributed by atoms with Gasteiger partial charge in [0.1, 0.15) is 5.69 Å². The smallest absolute Gasteiger partial charge is 0.396 e. The molecule has 0 bridgehead atoms. The SMILES string of the molecule is CS(=O)(=O)c1nc(CCCO)cc(C(F)(F)F)n1. The Hall–Kier alpha value is -1.22. The molecule has 0 fully saturated rings. The molecule has 1 N–H and O–H groups in total. The fraction of sp³-hybridized carbons (Fsp3) is 0.556. The van der Waals surface area contributed by atoms with Gasteiger partial charge in [0.2, 0.25) is 15.0 Å². The van der Waals surface area contributed by atoms with Crippen molar-refractivity contribution < 1.29 is 26.7 Å². The Balaban J connectivity index is 3.30. The Bertz CT molecular complexity index is 528. The number of hydrogen-bond donors (Lipinski definition) is 1. The Morgan fingerprint density at radius 2 is 1.94 bits per heavy atom. The molecular weight excluding hydrogens is 273 g/mol. The fourth-order valence-corrected chi connectivity index (χ4v) is 1.72. The van der Waals surface area contributed by atoms with E-state index < -0.39 is 26.9 Å². The zero-order chi connectivity index (χ0) is 14.0. The van der Waals surface area contributed by atoms with E-state index in [1.165, 1.54) is 0 Å². The lowest BCUT2D eigenvalue weighted by molar-refractivity contribution is -0.141. The molecule has 0 aliphatic carbocycles. The third kappa shape index (κ3) is 3.91. The van der Waals surface area contributed by atoms with Gasteiger partial charge in [-0.05, 0) is 18.9 Å². The molecule has 9 heteroatoms. The molecule has 1 aromatic rings. The summed E-state index contributed by atoms with van der Waals surface area (Å²) in [7, 11) is -3.92. The van der Waals surface area contributed by atoms with Crippen molar-refractivity contribution >= 4 is 9.84 Å². The van der Waals surface area contributed by atoms with Crippen molar-refractivity contribution in [2.45, 2.75) is 24.2 Å². The number of aliphatic hydroxyl groups excluding tert-OH is 1. The second kappa shape index (κ2) is 5.19. The first-order valence-electron chi connectivity index (χ1n) is 4.90. The summed E-state index contributed by atoms with van der Waals surface area (Å²) in [6.45, 7) is -0.223. The summed E-state index contributed by atoms with van der Waals surface area (Å²) in [5.74, 6) is 0. The first-order valence-corrected chi connectivity index (χ1v) is 6.80. The van der Waals surface area contributed by atoms with E-state index in [0.717, 1.165) is 6.26 Å². The van der Waals surface area contributed by atoms with Gasteiger partial charge in [-0.15, -0.1) is 0 Å². The number of halogens is 3. The highest BCUT2D eigenvalue weighted by atomic mass is 32.2. The summed E-state index contributed by atoms with van der Waals surface area (Å²) in [6, 6.07) is 0.685. The van der Waals surface area contributed by atoms with Crippen LogP contribution >= 0.6 is 0 Å².